The largest absolute Gasteiger partial charge is 0.494 e. The molecule has 1 aromatic rings. The zero-order chi connectivity index (χ0) is 14.5. The minimum Gasteiger partial charge on any atom is -0.399 e. The van der Waals surface area contributed by atoms with E-state index in [1.165, 1.54) is 30.4 Å². The van der Waals surface area contributed by atoms with Crippen LogP contribution >= 0.6 is 0 Å². The molecule has 1 heterocycles. The summed E-state index contributed by atoms with van der Waals surface area (Å²) in [6, 6.07) is 6.64. The summed E-state index contributed by atoms with van der Waals surface area (Å²) in [5.41, 5.74) is 3.47. The Hall–Kier alpha value is -0.795. The fraction of sp³-hybridized carbons (Fsp3) is 0.647. The summed E-state index contributed by atoms with van der Waals surface area (Å²) in [6.07, 6.45) is 3.99. The average molecular weight is 272 g/mol. The molecule has 0 spiro atoms. The van der Waals surface area contributed by atoms with Crippen LogP contribution in [0.5, 0.6) is 0 Å². The summed E-state index contributed by atoms with van der Waals surface area (Å²) in [7, 11) is -0.237. The molecule has 0 N–H and O–H groups in total. The van der Waals surface area contributed by atoms with E-state index in [4.69, 9.17) is 9.31 Å². The smallest absolute Gasteiger partial charge is 0.399 e. The van der Waals surface area contributed by atoms with Crippen LogP contribution in [0, 0.1) is 12.8 Å². The molecular formula is C17H25BO2. The van der Waals surface area contributed by atoms with Gasteiger partial charge in [-0.2, -0.15) is 0 Å². The van der Waals surface area contributed by atoms with Crippen molar-refractivity contribution in [2.45, 2.75) is 65.1 Å². The molecule has 3 heteroatoms. The first-order valence-electron chi connectivity index (χ1n) is 7.73. The molecular weight excluding hydrogens is 247 g/mol. The van der Waals surface area contributed by atoms with Gasteiger partial charge in [-0.15, -0.1) is 0 Å². The molecule has 0 radical (unpaired) electrons. The fourth-order valence-electron chi connectivity index (χ4n) is 2.67. The van der Waals surface area contributed by atoms with Crippen LogP contribution in [0.3, 0.4) is 0 Å². The van der Waals surface area contributed by atoms with Crippen molar-refractivity contribution in [3.05, 3.63) is 29.3 Å². The fourth-order valence-corrected chi connectivity index (χ4v) is 2.67. The number of aryl methyl sites for hydroxylation is 1. The second-order valence-electron chi connectivity index (χ2n) is 7.42. The first kappa shape index (κ1) is 14.2. The van der Waals surface area contributed by atoms with Crippen molar-refractivity contribution in [1.82, 2.24) is 0 Å². The monoisotopic (exact) mass is 272 g/mol. The Balaban J connectivity index is 1.84. The normalized spacial score (nSPS) is 24.1. The van der Waals surface area contributed by atoms with Crippen molar-refractivity contribution in [2.24, 2.45) is 5.92 Å². The summed E-state index contributed by atoms with van der Waals surface area (Å²) in [6.45, 7) is 10.6. The Morgan fingerprint density at radius 1 is 1.10 bits per heavy atom. The first-order chi connectivity index (χ1) is 9.28. The van der Waals surface area contributed by atoms with Crippen molar-refractivity contribution >= 4 is 12.6 Å². The Morgan fingerprint density at radius 2 is 1.70 bits per heavy atom. The SMILES string of the molecule is Cc1ccc(B2OC(C)(C)C(C)(C)O2)cc1CC1CC1. The Labute approximate surface area is 123 Å². The van der Waals surface area contributed by atoms with Gasteiger partial charge in [-0.1, -0.05) is 18.2 Å². The molecule has 1 saturated heterocycles. The zero-order valence-electron chi connectivity index (χ0n) is 13.3. The van der Waals surface area contributed by atoms with Crippen LogP contribution in [0.4, 0.5) is 0 Å². The summed E-state index contributed by atoms with van der Waals surface area (Å²) >= 11 is 0. The van der Waals surface area contributed by atoms with Gasteiger partial charge in [0.15, 0.2) is 0 Å². The van der Waals surface area contributed by atoms with Crippen LogP contribution in [0.15, 0.2) is 18.2 Å². The highest BCUT2D eigenvalue weighted by Gasteiger charge is 2.51. The average Bonchev–Trinajstić information content (AvgIpc) is 3.10. The van der Waals surface area contributed by atoms with Gasteiger partial charge in [0.05, 0.1) is 11.2 Å². The molecule has 108 valence electrons. The number of rotatable bonds is 3. The van der Waals surface area contributed by atoms with Gasteiger partial charge >= 0.3 is 7.12 Å². The summed E-state index contributed by atoms with van der Waals surface area (Å²) < 4.78 is 12.3. The quantitative estimate of drug-likeness (QED) is 0.786. The first-order valence-corrected chi connectivity index (χ1v) is 7.73. The van der Waals surface area contributed by atoms with Crippen LogP contribution in [-0.4, -0.2) is 18.3 Å². The predicted octanol–water partition coefficient (Wildman–Crippen LogP) is 3.25. The van der Waals surface area contributed by atoms with E-state index in [9.17, 15) is 0 Å². The van der Waals surface area contributed by atoms with E-state index < -0.39 is 0 Å². The van der Waals surface area contributed by atoms with Gasteiger partial charge in [0.25, 0.3) is 0 Å². The molecule has 0 bridgehead atoms. The maximum absolute atomic E-state index is 6.14. The molecule has 1 saturated carbocycles. The highest BCUT2D eigenvalue weighted by molar-refractivity contribution is 6.62. The Morgan fingerprint density at radius 3 is 2.25 bits per heavy atom. The molecule has 2 nitrogen and oxygen atoms in total. The number of benzene rings is 1. The second kappa shape index (κ2) is 4.61. The molecule has 2 aliphatic rings. The van der Waals surface area contributed by atoms with Crippen LogP contribution in [0.25, 0.3) is 0 Å². The molecule has 3 rings (SSSR count). The van der Waals surface area contributed by atoms with Crippen molar-refractivity contribution in [3.63, 3.8) is 0 Å². The predicted molar refractivity (Wildman–Crippen MR) is 83.3 cm³/mol. The van der Waals surface area contributed by atoms with E-state index >= 15 is 0 Å². The van der Waals surface area contributed by atoms with E-state index in [0.29, 0.717) is 0 Å². The molecule has 0 amide bonds. The lowest BCUT2D eigenvalue weighted by atomic mass is 9.77. The number of hydrogen-bond acceptors (Lipinski definition) is 2. The molecule has 1 aromatic carbocycles. The Kier molecular flexibility index (Phi) is 3.26. The minimum atomic E-state index is -0.265. The molecule has 0 atom stereocenters. The van der Waals surface area contributed by atoms with E-state index in [2.05, 4.69) is 52.8 Å². The van der Waals surface area contributed by atoms with Crippen molar-refractivity contribution in [3.8, 4) is 0 Å². The lowest BCUT2D eigenvalue weighted by Crippen LogP contribution is -2.41. The number of hydrogen-bond donors (Lipinski definition) is 0. The lowest BCUT2D eigenvalue weighted by Gasteiger charge is -2.32. The van der Waals surface area contributed by atoms with Crippen LogP contribution in [-0.2, 0) is 15.7 Å². The maximum Gasteiger partial charge on any atom is 0.494 e. The van der Waals surface area contributed by atoms with Crippen molar-refractivity contribution < 1.29 is 9.31 Å². The molecule has 20 heavy (non-hydrogen) atoms. The summed E-state index contributed by atoms with van der Waals surface area (Å²) in [4.78, 5) is 0. The highest BCUT2D eigenvalue weighted by atomic mass is 16.7. The lowest BCUT2D eigenvalue weighted by molar-refractivity contribution is 0.00578. The van der Waals surface area contributed by atoms with E-state index in [1.54, 1.807) is 0 Å². The van der Waals surface area contributed by atoms with Gasteiger partial charge in [0.1, 0.15) is 0 Å². The van der Waals surface area contributed by atoms with Gasteiger partial charge in [-0.05, 0) is 76.4 Å². The van der Waals surface area contributed by atoms with Gasteiger partial charge in [0.2, 0.25) is 0 Å². The zero-order valence-corrected chi connectivity index (χ0v) is 13.3. The van der Waals surface area contributed by atoms with E-state index in [-0.39, 0.29) is 18.3 Å². The summed E-state index contributed by atoms with van der Waals surface area (Å²) in [5.74, 6) is 0.905. The van der Waals surface area contributed by atoms with Gasteiger partial charge in [-0.25, -0.2) is 0 Å². The summed E-state index contributed by atoms with van der Waals surface area (Å²) in [5, 5.41) is 0. The molecule has 0 unspecified atom stereocenters. The van der Waals surface area contributed by atoms with E-state index in [1.807, 2.05) is 0 Å². The third-order valence-corrected chi connectivity index (χ3v) is 5.10. The Bertz CT molecular complexity index is 502. The van der Waals surface area contributed by atoms with Gasteiger partial charge < -0.3 is 9.31 Å². The van der Waals surface area contributed by atoms with E-state index in [0.717, 1.165) is 11.4 Å². The molecule has 1 aliphatic heterocycles. The third-order valence-electron chi connectivity index (χ3n) is 5.10. The standard InChI is InChI=1S/C17H25BO2/c1-12-6-9-15(11-14(12)10-13-7-8-13)18-19-16(2,3)17(4,5)20-18/h6,9,11,13H,7-8,10H2,1-5H3. The van der Waals surface area contributed by atoms with Gasteiger partial charge in [0, 0.05) is 0 Å². The second-order valence-corrected chi connectivity index (χ2v) is 7.42. The topological polar surface area (TPSA) is 18.5 Å². The molecule has 2 fully saturated rings. The van der Waals surface area contributed by atoms with Crippen molar-refractivity contribution in [1.29, 1.82) is 0 Å². The van der Waals surface area contributed by atoms with Crippen LogP contribution in [0.2, 0.25) is 0 Å². The van der Waals surface area contributed by atoms with Gasteiger partial charge in [-0.3, -0.25) is 0 Å². The maximum atomic E-state index is 6.14. The third kappa shape index (κ3) is 2.54. The van der Waals surface area contributed by atoms with Crippen molar-refractivity contribution in [2.75, 3.05) is 0 Å². The minimum absolute atomic E-state index is 0.237. The molecule has 1 aliphatic carbocycles. The van der Waals surface area contributed by atoms with Crippen LogP contribution in [0.1, 0.15) is 51.7 Å². The van der Waals surface area contributed by atoms with Crippen LogP contribution < -0.4 is 5.46 Å². The highest BCUT2D eigenvalue weighted by Crippen LogP contribution is 2.37. The molecule has 0 aromatic heterocycles.